The Morgan fingerprint density at radius 1 is 0.957 bits per heavy atom. The summed E-state index contributed by atoms with van der Waals surface area (Å²) >= 11 is 1.47. The number of hydrogen-bond acceptors (Lipinski definition) is 1. The Balaban J connectivity index is 0.000000247. The van der Waals surface area contributed by atoms with Crippen LogP contribution >= 0.6 is 18.8 Å². The maximum absolute atomic E-state index is 5.33. The van der Waals surface area contributed by atoms with Gasteiger partial charge in [0.15, 0.2) is 0 Å². The predicted molar refractivity (Wildman–Crippen MR) is 100 cm³/mol. The predicted octanol–water partition coefficient (Wildman–Crippen LogP) is 6.16. The second kappa shape index (κ2) is 14.5. The van der Waals surface area contributed by atoms with Crippen molar-refractivity contribution in [2.45, 2.75) is 95.0 Å². The summed E-state index contributed by atoms with van der Waals surface area (Å²) in [6, 6.07) is 0.564. The molecule has 138 valence electrons. The van der Waals surface area contributed by atoms with Crippen LogP contribution in [0.3, 0.4) is 0 Å². The third kappa shape index (κ3) is 9.53. The zero-order valence-electron chi connectivity index (χ0n) is 14.5. The minimum atomic E-state index is 0.184. The fraction of sp³-hybridized carbons (Fsp3) is 0.944. The summed E-state index contributed by atoms with van der Waals surface area (Å²) in [5, 5.41) is 4.77. The second-order valence-electron chi connectivity index (χ2n) is 6.92. The van der Waals surface area contributed by atoms with Crippen LogP contribution in [0.5, 0.6) is 0 Å². The van der Waals surface area contributed by atoms with E-state index in [0.29, 0.717) is 6.04 Å². The Morgan fingerprint density at radius 2 is 1.65 bits per heavy atom. The van der Waals surface area contributed by atoms with Crippen LogP contribution in [0.15, 0.2) is 0 Å². The van der Waals surface area contributed by atoms with E-state index in [1.165, 1.54) is 88.5 Å². The first-order valence-corrected chi connectivity index (χ1v) is 12.9. The molecule has 0 bridgehead atoms. The Morgan fingerprint density at radius 3 is 2.17 bits per heavy atom. The quantitative estimate of drug-likeness (QED) is 0.305. The molecule has 1 saturated heterocycles. The van der Waals surface area contributed by atoms with Crippen molar-refractivity contribution in [1.82, 2.24) is 0 Å². The van der Waals surface area contributed by atoms with Crippen LogP contribution in [0.2, 0.25) is 0 Å². The number of rotatable bonds is 2. The molecule has 0 N–H and O–H groups in total. The van der Waals surface area contributed by atoms with Crippen molar-refractivity contribution in [3.63, 3.8) is 0 Å². The first-order valence-electron chi connectivity index (χ1n) is 9.24. The second-order valence-corrected chi connectivity index (χ2v) is 7.86. The fourth-order valence-corrected chi connectivity index (χ4v) is 4.30. The summed E-state index contributed by atoms with van der Waals surface area (Å²) in [4.78, 5) is 0. The van der Waals surface area contributed by atoms with E-state index in [4.69, 9.17) is 10.1 Å². The molecule has 3 fully saturated rings. The molecule has 23 heavy (non-hydrogen) atoms. The Hall–Kier alpha value is 1.29. The van der Waals surface area contributed by atoms with Gasteiger partial charge in [-0.2, -0.15) is 18.4 Å². The van der Waals surface area contributed by atoms with E-state index in [1.807, 2.05) is 0 Å². The van der Waals surface area contributed by atoms with E-state index >= 15 is 0 Å². The molecule has 0 aromatic carbocycles. The fourth-order valence-electron chi connectivity index (χ4n) is 3.83. The zero-order chi connectivity index (χ0) is 16.9. The monoisotopic (exact) mass is 539 g/mol. The SMILES string of the molecule is COC1CCCC(C2[CH-]CCCC2)[N-]1.PC1CCCCC1.[Cl][Ir+2]. The number of nitrogens with zero attached hydrogens (tertiary/aromatic N) is 1. The van der Waals surface area contributed by atoms with Gasteiger partial charge < -0.3 is 16.5 Å². The Bertz CT molecular complexity index is 274. The summed E-state index contributed by atoms with van der Waals surface area (Å²) < 4.78 is 5.33. The molecule has 1 aliphatic heterocycles. The number of methoxy groups -OCH3 is 1. The first kappa shape index (κ1) is 22.3. The summed E-state index contributed by atoms with van der Waals surface area (Å²) in [5.74, 6) is 0.752. The number of ether oxygens (including phenoxy) is 1. The number of halogens is 1. The molecule has 3 rings (SSSR count). The van der Waals surface area contributed by atoms with Gasteiger partial charge in [-0.3, -0.25) is 0 Å². The van der Waals surface area contributed by atoms with Gasteiger partial charge in [0, 0.05) is 7.11 Å². The van der Waals surface area contributed by atoms with Gasteiger partial charge in [0.2, 0.25) is 0 Å². The molecule has 2 nitrogen and oxygen atoms in total. The van der Waals surface area contributed by atoms with Crippen LogP contribution in [0.4, 0.5) is 0 Å². The molecule has 0 amide bonds. The summed E-state index contributed by atoms with van der Waals surface area (Å²) in [5.41, 5.74) is 0.953. The van der Waals surface area contributed by atoms with Gasteiger partial charge in [-0.05, 0) is 31.1 Å². The van der Waals surface area contributed by atoms with Crippen LogP contribution in [0.25, 0.3) is 5.32 Å². The molecule has 2 saturated carbocycles. The van der Waals surface area contributed by atoms with E-state index in [2.05, 4.69) is 25.2 Å². The Labute approximate surface area is 161 Å². The first-order chi connectivity index (χ1) is 11.3. The van der Waals surface area contributed by atoms with Crippen molar-refractivity contribution < 1.29 is 22.6 Å². The van der Waals surface area contributed by atoms with E-state index in [9.17, 15) is 0 Å². The van der Waals surface area contributed by atoms with Crippen molar-refractivity contribution in [2.24, 2.45) is 5.92 Å². The zero-order valence-corrected chi connectivity index (χ0v) is 18.8. The van der Waals surface area contributed by atoms with Gasteiger partial charge in [0.05, 0.1) is 0 Å². The number of piperidine rings is 1. The molecule has 0 aromatic rings. The molecule has 0 spiro atoms. The Kier molecular flexibility index (Phi) is 14.0. The van der Waals surface area contributed by atoms with Crippen LogP contribution in [-0.2, 0) is 22.6 Å². The van der Waals surface area contributed by atoms with Crippen molar-refractivity contribution in [2.75, 3.05) is 7.11 Å². The van der Waals surface area contributed by atoms with Gasteiger partial charge in [-0.15, -0.1) is 9.24 Å². The van der Waals surface area contributed by atoms with Gasteiger partial charge in [0.25, 0.3) is 0 Å². The van der Waals surface area contributed by atoms with E-state index in [1.54, 1.807) is 7.11 Å². The molecule has 5 heteroatoms. The van der Waals surface area contributed by atoms with E-state index in [0.717, 1.165) is 18.0 Å². The molecule has 1 heterocycles. The maximum atomic E-state index is 5.33. The van der Waals surface area contributed by atoms with Crippen LogP contribution in [0, 0.1) is 12.3 Å². The molecule has 4 unspecified atom stereocenters. The topological polar surface area (TPSA) is 23.3 Å². The van der Waals surface area contributed by atoms with Gasteiger partial charge in [-0.1, -0.05) is 51.4 Å². The van der Waals surface area contributed by atoms with Gasteiger partial charge >= 0.3 is 27.5 Å². The molecule has 3 aliphatic rings. The average Bonchev–Trinajstić information content (AvgIpc) is 2.65. The van der Waals surface area contributed by atoms with Crippen LogP contribution in [-0.4, -0.2) is 25.0 Å². The van der Waals surface area contributed by atoms with Crippen LogP contribution < -0.4 is 0 Å². The molecule has 4 atom stereocenters. The van der Waals surface area contributed by atoms with Gasteiger partial charge in [-0.25, -0.2) is 0 Å². The van der Waals surface area contributed by atoms with Crippen LogP contribution in [0.1, 0.15) is 77.0 Å². The molecule has 2 aliphatic carbocycles. The van der Waals surface area contributed by atoms with Crippen molar-refractivity contribution in [3.8, 4) is 0 Å². The molecular weight excluding hydrogens is 505 g/mol. The average molecular weight is 539 g/mol. The third-order valence-corrected chi connectivity index (χ3v) is 5.85. The van der Waals surface area contributed by atoms with E-state index < -0.39 is 0 Å². The van der Waals surface area contributed by atoms with Crippen molar-refractivity contribution in [1.29, 1.82) is 0 Å². The summed E-state index contributed by atoms with van der Waals surface area (Å²) in [6.45, 7) is 0. The van der Waals surface area contributed by atoms with E-state index in [-0.39, 0.29) is 6.23 Å². The molecule has 0 aromatic heterocycles. The number of hydrogen-bond donors (Lipinski definition) is 0. The van der Waals surface area contributed by atoms with Crippen molar-refractivity contribution in [3.05, 3.63) is 11.7 Å². The molecule has 0 radical (unpaired) electrons. The summed E-state index contributed by atoms with van der Waals surface area (Å²) in [7, 11) is 9.32. The van der Waals surface area contributed by atoms with Gasteiger partial charge in [0.1, 0.15) is 0 Å². The molecular formula is C18H34ClIrNOP. The summed E-state index contributed by atoms with van der Waals surface area (Å²) in [6.07, 6.45) is 19.1. The normalized spacial score (nSPS) is 32.1. The minimum absolute atomic E-state index is 0.184. The standard InChI is InChI=1S/C12H21NO.C6H13P.ClH.Ir/c1-14-12-9-5-8-11(13-12)10-6-3-2-4-7-10;7-6-4-2-1-3-5-6;;/h6,10-12H,2-5,7-9H2,1H3;6H,1-5,7H2;1H;/q-2;;;+3/p-1. The van der Waals surface area contributed by atoms with Crippen molar-refractivity contribution >= 4 is 18.8 Å². The third-order valence-electron chi connectivity index (χ3n) is 5.19.